The number of unbranched alkanes of at least 4 members (excludes halogenated alkanes) is 1. The van der Waals surface area contributed by atoms with Gasteiger partial charge in [-0.1, -0.05) is 50.3 Å². The lowest BCUT2D eigenvalue weighted by atomic mass is 9.99. The zero-order valence-electron chi connectivity index (χ0n) is 22.4. The van der Waals surface area contributed by atoms with E-state index in [-0.39, 0.29) is 0 Å². The molecule has 194 valence electrons. The molecule has 0 bridgehead atoms. The van der Waals surface area contributed by atoms with Crippen molar-refractivity contribution < 1.29 is 0 Å². The molecule has 0 N–H and O–H groups in total. The molecule has 4 rings (SSSR count). The SMILES string of the molecule is CCCN1CC=C(c2cccc(SCCCCSc3cccc(C4=CCN(CCC)CC4)c3)c2)CC1. The standard InChI is InChI=1S/C32H44N2S2/c1-3-17-33-19-13-27(14-20-33)29-9-7-11-31(25-29)35-23-5-6-24-36-32-12-8-10-30(26-32)28-15-21-34(18-4-2)22-16-28/h7-13,15,25-26H,3-6,14,16-24H2,1-2H3. The molecule has 2 aromatic rings. The minimum Gasteiger partial charge on any atom is -0.299 e. The Morgan fingerprint density at radius 1 is 0.667 bits per heavy atom. The molecule has 0 radical (unpaired) electrons. The lowest BCUT2D eigenvalue weighted by Crippen LogP contribution is -2.29. The van der Waals surface area contributed by atoms with Crippen LogP contribution in [0.25, 0.3) is 11.1 Å². The van der Waals surface area contributed by atoms with Gasteiger partial charge in [-0.3, -0.25) is 9.80 Å². The first-order valence-electron chi connectivity index (χ1n) is 14.0. The average molecular weight is 521 g/mol. The summed E-state index contributed by atoms with van der Waals surface area (Å²) in [7, 11) is 0. The summed E-state index contributed by atoms with van der Waals surface area (Å²) in [5, 5.41) is 0. The Kier molecular flexibility index (Phi) is 11.5. The van der Waals surface area contributed by atoms with Crippen LogP contribution in [0.4, 0.5) is 0 Å². The van der Waals surface area contributed by atoms with Crippen molar-refractivity contribution in [3.8, 4) is 0 Å². The highest BCUT2D eigenvalue weighted by molar-refractivity contribution is 7.99. The summed E-state index contributed by atoms with van der Waals surface area (Å²) >= 11 is 4.04. The van der Waals surface area contributed by atoms with Crippen molar-refractivity contribution in [2.45, 2.75) is 62.2 Å². The van der Waals surface area contributed by atoms with Gasteiger partial charge in [0.25, 0.3) is 0 Å². The van der Waals surface area contributed by atoms with Crippen molar-refractivity contribution in [2.24, 2.45) is 0 Å². The first kappa shape index (κ1) is 27.6. The number of benzene rings is 2. The van der Waals surface area contributed by atoms with E-state index in [4.69, 9.17) is 0 Å². The number of hydrogen-bond acceptors (Lipinski definition) is 4. The fourth-order valence-electron chi connectivity index (χ4n) is 5.14. The van der Waals surface area contributed by atoms with Gasteiger partial charge in [0.15, 0.2) is 0 Å². The van der Waals surface area contributed by atoms with Crippen LogP contribution in [-0.4, -0.2) is 60.6 Å². The van der Waals surface area contributed by atoms with E-state index in [9.17, 15) is 0 Å². The van der Waals surface area contributed by atoms with Gasteiger partial charge in [-0.25, -0.2) is 0 Å². The van der Waals surface area contributed by atoms with Gasteiger partial charge < -0.3 is 0 Å². The van der Waals surface area contributed by atoms with Crippen LogP contribution < -0.4 is 0 Å². The predicted octanol–water partition coefficient (Wildman–Crippen LogP) is 8.35. The van der Waals surface area contributed by atoms with Gasteiger partial charge in [-0.15, -0.1) is 23.5 Å². The molecule has 0 aliphatic carbocycles. The molecule has 0 atom stereocenters. The smallest absolute Gasteiger partial charge is 0.0169 e. The lowest BCUT2D eigenvalue weighted by Gasteiger charge is -2.26. The summed E-state index contributed by atoms with van der Waals surface area (Å²) in [6.45, 7) is 11.6. The Balaban J connectivity index is 1.17. The van der Waals surface area contributed by atoms with E-state index in [1.54, 1.807) is 0 Å². The topological polar surface area (TPSA) is 6.48 Å². The number of thioether (sulfide) groups is 2. The van der Waals surface area contributed by atoms with Crippen molar-refractivity contribution in [1.29, 1.82) is 0 Å². The molecular weight excluding hydrogens is 477 g/mol. The molecule has 36 heavy (non-hydrogen) atoms. The molecule has 0 saturated carbocycles. The van der Waals surface area contributed by atoms with Crippen LogP contribution in [-0.2, 0) is 0 Å². The van der Waals surface area contributed by atoms with Crippen molar-refractivity contribution in [1.82, 2.24) is 9.80 Å². The third kappa shape index (κ3) is 8.55. The summed E-state index contributed by atoms with van der Waals surface area (Å²) in [6.07, 6.45) is 12.3. The van der Waals surface area contributed by atoms with Crippen LogP contribution >= 0.6 is 23.5 Å². The van der Waals surface area contributed by atoms with Crippen molar-refractivity contribution in [3.05, 3.63) is 71.8 Å². The van der Waals surface area contributed by atoms with E-state index >= 15 is 0 Å². The second-order valence-corrected chi connectivity index (χ2v) is 12.4. The second-order valence-electron chi connectivity index (χ2n) is 10.0. The normalized spacial score (nSPS) is 17.2. The number of rotatable bonds is 13. The summed E-state index contributed by atoms with van der Waals surface area (Å²) in [5.74, 6) is 2.41. The zero-order valence-corrected chi connectivity index (χ0v) is 24.0. The summed E-state index contributed by atoms with van der Waals surface area (Å²) in [5.41, 5.74) is 5.92. The van der Waals surface area contributed by atoms with E-state index in [0.717, 1.165) is 13.1 Å². The van der Waals surface area contributed by atoms with Crippen molar-refractivity contribution >= 4 is 34.7 Å². The number of nitrogens with zero attached hydrogens (tertiary/aromatic N) is 2. The van der Waals surface area contributed by atoms with E-state index in [1.807, 2.05) is 23.5 Å². The fraction of sp³-hybridized carbons (Fsp3) is 0.500. The number of hydrogen-bond donors (Lipinski definition) is 0. The van der Waals surface area contributed by atoms with E-state index < -0.39 is 0 Å². The molecule has 0 amide bonds. The maximum Gasteiger partial charge on any atom is 0.0169 e. The predicted molar refractivity (Wildman–Crippen MR) is 162 cm³/mol. The van der Waals surface area contributed by atoms with Gasteiger partial charge in [-0.05, 0) is 110 Å². The first-order chi connectivity index (χ1) is 17.7. The molecule has 0 fully saturated rings. The highest BCUT2D eigenvalue weighted by Crippen LogP contribution is 2.29. The van der Waals surface area contributed by atoms with Gasteiger partial charge in [0.05, 0.1) is 0 Å². The molecule has 0 saturated heterocycles. The van der Waals surface area contributed by atoms with Crippen LogP contribution in [0.5, 0.6) is 0 Å². The maximum atomic E-state index is 2.56. The van der Waals surface area contributed by atoms with Crippen LogP contribution in [0.2, 0.25) is 0 Å². The molecular formula is C32H44N2S2. The van der Waals surface area contributed by atoms with Crippen molar-refractivity contribution in [3.63, 3.8) is 0 Å². The highest BCUT2D eigenvalue weighted by Gasteiger charge is 2.13. The third-order valence-corrected chi connectivity index (χ3v) is 9.31. The molecule has 2 heterocycles. The van der Waals surface area contributed by atoms with E-state index in [2.05, 4.69) is 84.3 Å². The van der Waals surface area contributed by atoms with Crippen LogP contribution in [0.15, 0.2) is 70.5 Å². The minimum absolute atomic E-state index is 1.11. The summed E-state index contributed by atoms with van der Waals surface area (Å²) in [4.78, 5) is 7.96. The zero-order chi connectivity index (χ0) is 25.0. The maximum absolute atomic E-state index is 2.56. The largest absolute Gasteiger partial charge is 0.299 e. The van der Waals surface area contributed by atoms with Crippen LogP contribution in [0.3, 0.4) is 0 Å². The van der Waals surface area contributed by atoms with Gasteiger partial charge in [0.1, 0.15) is 0 Å². The summed E-state index contributed by atoms with van der Waals surface area (Å²) in [6, 6.07) is 18.4. The average Bonchev–Trinajstić information content (AvgIpc) is 2.92. The van der Waals surface area contributed by atoms with Gasteiger partial charge in [0, 0.05) is 36.0 Å². The molecule has 2 nitrogen and oxygen atoms in total. The first-order valence-corrected chi connectivity index (χ1v) is 16.0. The molecule has 2 aliphatic heterocycles. The summed E-state index contributed by atoms with van der Waals surface area (Å²) < 4.78 is 0. The molecule has 2 aliphatic rings. The Morgan fingerprint density at radius 2 is 1.14 bits per heavy atom. The fourth-order valence-corrected chi connectivity index (χ4v) is 7.08. The molecule has 4 heteroatoms. The Morgan fingerprint density at radius 3 is 1.53 bits per heavy atom. The molecule has 0 aromatic heterocycles. The third-order valence-electron chi connectivity index (χ3n) is 7.15. The molecule has 0 unspecified atom stereocenters. The minimum atomic E-state index is 1.11. The second kappa shape index (κ2) is 15.1. The Labute approximate surface area is 228 Å². The van der Waals surface area contributed by atoms with E-state index in [1.165, 1.54) is 108 Å². The van der Waals surface area contributed by atoms with Crippen LogP contribution in [0, 0.1) is 0 Å². The Hall–Kier alpha value is -1.46. The molecule has 0 spiro atoms. The quantitative estimate of drug-likeness (QED) is 0.193. The van der Waals surface area contributed by atoms with Crippen molar-refractivity contribution in [2.75, 3.05) is 50.8 Å². The Bertz CT molecular complexity index is 931. The van der Waals surface area contributed by atoms with Gasteiger partial charge >= 0.3 is 0 Å². The monoisotopic (exact) mass is 520 g/mol. The highest BCUT2D eigenvalue weighted by atomic mass is 32.2. The van der Waals surface area contributed by atoms with Gasteiger partial charge in [-0.2, -0.15) is 0 Å². The van der Waals surface area contributed by atoms with E-state index in [0.29, 0.717) is 0 Å². The molecule has 2 aromatic carbocycles. The lowest BCUT2D eigenvalue weighted by molar-refractivity contribution is 0.302. The van der Waals surface area contributed by atoms with Crippen LogP contribution in [0.1, 0.15) is 63.5 Å². The van der Waals surface area contributed by atoms with Gasteiger partial charge in [0.2, 0.25) is 0 Å².